The third-order valence-electron chi connectivity index (χ3n) is 5.97. The van der Waals surface area contributed by atoms with Crippen molar-refractivity contribution in [2.75, 3.05) is 24.5 Å². The Morgan fingerprint density at radius 2 is 1.77 bits per heavy atom. The van der Waals surface area contributed by atoms with Crippen molar-refractivity contribution in [2.45, 2.75) is 46.1 Å². The highest BCUT2D eigenvalue weighted by Gasteiger charge is 2.37. The summed E-state index contributed by atoms with van der Waals surface area (Å²) in [7, 11) is 0. The van der Waals surface area contributed by atoms with Crippen molar-refractivity contribution in [3.05, 3.63) is 46.8 Å². The number of para-hydroxylation sites is 2. The molecule has 3 heterocycles. The number of ketones is 1. The highest BCUT2D eigenvalue weighted by atomic mass is 16.5. The van der Waals surface area contributed by atoms with Crippen molar-refractivity contribution in [3.63, 3.8) is 0 Å². The first-order valence-corrected chi connectivity index (χ1v) is 10.4. The van der Waals surface area contributed by atoms with Crippen molar-refractivity contribution in [3.8, 4) is 5.75 Å². The van der Waals surface area contributed by atoms with E-state index in [0.29, 0.717) is 34.0 Å². The van der Waals surface area contributed by atoms with E-state index in [9.17, 15) is 14.4 Å². The van der Waals surface area contributed by atoms with Crippen LogP contribution < -0.4 is 9.64 Å². The Bertz CT molecular complexity index is 1000. The Morgan fingerprint density at radius 3 is 2.43 bits per heavy atom. The smallest absolute Gasteiger partial charge is 0.275 e. The number of nitrogens with one attached hydrogen (secondary N) is 1. The Hall–Kier alpha value is -3.09. The van der Waals surface area contributed by atoms with Gasteiger partial charge in [0, 0.05) is 24.3 Å². The van der Waals surface area contributed by atoms with Gasteiger partial charge < -0.3 is 14.6 Å². The van der Waals surface area contributed by atoms with Crippen molar-refractivity contribution in [1.82, 2.24) is 9.88 Å². The molecule has 30 heavy (non-hydrogen) atoms. The first kappa shape index (κ1) is 20.2. The summed E-state index contributed by atoms with van der Waals surface area (Å²) in [5.41, 5.74) is 2.85. The van der Waals surface area contributed by atoms with Crippen LogP contribution in [0.1, 0.15) is 58.3 Å². The minimum Gasteiger partial charge on any atom is -0.476 e. The molecule has 2 aliphatic rings. The zero-order chi connectivity index (χ0) is 21.4. The van der Waals surface area contributed by atoms with Gasteiger partial charge in [-0.3, -0.25) is 19.3 Å². The maximum Gasteiger partial charge on any atom is 0.275 e. The molecule has 7 nitrogen and oxygen atoms in total. The fourth-order valence-electron chi connectivity index (χ4n) is 4.50. The van der Waals surface area contributed by atoms with Crippen molar-refractivity contribution >= 4 is 23.3 Å². The normalized spacial score (nSPS) is 18.6. The van der Waals surface area contributed by atoms with E-state index in [-0.39, 0.29) is 24.1 Å². The van der Waals surface area contributed by atoms with E-state index >= 15 is 0 Å². The molecule has 0 saturated carbocycles. The summed E-state index contributed by atoms with van der Waals surface area (Å²) in [6.45, 7) is 6.65. The lowest BCUT2D eigenvalue weighted by Gasteiger charge is -2.37. The molecule has 1 saturated heterocycles. The maximum absolute atomic E-state index is 13.5. The van der Waals surface area contributed by atoms with Gasteiger partial charge in [0.2, 0.25) is 0 Å². The number of ether oxygens (including phenoxy) is 1. The van der Waals surface area contributed by atoms with Gasteiger partial charge >= 0.3 is 0 Å². The molecule has 1 N–H and O–H groups in total. The van der Waals surface area contributed by atoms with Crippen molar-refractivity contribution < 1.29 is 19.1 Å². The number of H-pyrrole nitrogens is 1. The van der Waals surface area contributed by atoms with Gasteiger partial charge in [-0.15, -0.1) is 0 Å². The third kappa shape index (κ3) is 3.49. The van der Waals surface area contributed by atoms with Gasteiger partial charge in [-0.2, -0.15) is 0 Å². The molecule has 1 atom stereocenters. The van der Waals surface area contributed by atoms with E-state index in [1.54, 1.807) is 24.8 Å². The number of fused-ring (bicyclic) bond motifs is 1. The molecule has 0 spiro atoms. The van der Waals surface area contributed by atoms with Gasteiger partial charge in [-0.05, 0) is 57.7 Å². The number of amides is 2. The molecule has 1 aromatic carbocycles. The number of hydrogen-bond donors (Lipinski definition) is 1. The van der Waals surface area contributed by atoms with E-state index in [1.807, 2.05) is 23.1 Å². The van der Waals surface area contributed by atoms with Gasteiger partial charge in [0.15, 0.2) is 11.9 Å². The lowest BCUT2D eigenvalue weighted by molar-refractivity contribution is -0.139. The Labute approximate surface area is 176 Å². The van der Waals surface area contributed by atoms with Crippen LogP contribution in [0, 0.1) is 13.8 Å². The SMILES string of the molecule is CC(=O)c1c(C)[nH]c(C(=O)N2CC(C(=O)N3CCCCC3)Oc3ccccc32)c1C. The van der Waals surface area contributed by atoms with Crippen LogP contribution >= 0.6 is 0 Å². The molecule has 2 aromatic rings. The largest absolute Gasteiger partial charge is 0.476 e. The quantitative estimate of drug-likeness (QED) is 0.789. The zero-order valence-electron chi connectivity index (χ0n) is 17.7. The van der Waals surface area contributed by atoms with Crippen molar-refractivity contribution in [2.24, 2.45) is 0 Å². The molecule has 158 valence electrons. The summed E-state index contributed by atoms with van der Waals surface area (Å²) < 4.78 is 6.01. The van der Waals surface area contributed by atoms with Gasteiger partial charge in [0.05, 0.1) is 12.2 Å². The number of hydrogen-bond acceptors (Lipinski definition) is 4. The standard InChI is InChI=1S/C23H27N3O4/c1-14-20(16(3)27)15(2)24-21(14)23(29)26-13-19(22(28)25-11-7-4-8-12-25)30-18-10-6-5-9-17(18)26/h5-6,9-10,19,24H,4,7-8,11-13H2,1-3H3. The third-order valence-corrected chi connectivity index (χ3v) is 5.97. The lowest BCUT2D eigenvalue weighted by Crippen LogP contribution is -2.53. The molecule has 0 aliphatic carbocycles. The number of nitrogens with zero attached hydrogens (tertiary/aromatic N) is 2. The van der Waals surface area contributed by atoms with Crippen LogP contribution in [-0.4, -0.2) is 53.2 Å². The molecule has 2 aliphatic heterocycles. The first-order chi connectivity index (χ1) is 14.4. The minimum atomic E-state index is -0.745. The molecule has 0 radical (unpaired) electrons. The van der Waals surface area contributed by atoms with E-state index < -0.39 is 6.10 Å². The number of Topliss-reactive ketones (excluding diaryl/α,β-unsaturated/α-hetero) is 1. The van der Waals surface area contributed by atoms with Crippen LogP contribution in [0.4, 0.5) is 5.69 Å². The number of aryl methyl sites for hydroxylation is 1. The second kappa shape index (κ2) is 7.97. The van der Waals surface area contributed by atoms with Crippen molar-refractivity contribution in [1.29, 1.82) is 0 Å². The number of carbonyl (C=O) groups is 3. The summed E-state index contributed by atoms with van der Waals surface area (Å²) in [6.07, 6.45) is 2.37. The summed E-state index contributed by atoms with van der Waals surface area (Å²) in [6, 6.07) is 7.25. The number of likely N-dealkylation sites (tertiary alicyclic amines) is 1. The second-order valence-electron chi connectivity index (χ2n) is 8.06. The Morgan fingerprint density at radius 1 is 1.07 bits per heavy atom. The first-order valence-electron chi connectivity index (χ1n) is 10.4. The predicted octanol–water partition coefficient (Wildman–Crippen LogP) is 3.25. The average molecular weight is 409 g/mol. The molecular weight excluding hydrogens is 382 g/mol. The zero-order valence-corrected chi connectivity index (χ0v) is 17.7. The van der Waals surface area contributed by atoms with Gasteiger partial charge in [0.25, 0.3) is 11.8 Å². The fourth-order valence-corrected chi connectivity index (χ4v) is 4.50. The molecular formula is C23H27N3O4. The van der Waals surface area contributed by atoms with Crippen LogP contribution in [0.25, 0.3) is 0 Å². The number of anilines is 1. The van der Waals surface area contributed by atoms with Gasteiger partial charge in [-0.25, -0.2) is 0 Å². The molecule has 1 fully saturated rings. The van der Waals surface area contributed by atoms with Crippen LogP contribution in [0.15, 0.2) is 24.3 Å². The van der Waals surface area contributed by atoms with E-state index in [2.05, 4.69) is 4.98 Å². The predicted molar refractivity (Wildman–Crippen MR) is 113 cm³/mol. The minimum absolute atomic E-state index is 0.0779. The number of piperidine rings is 1. The summed E-state index contributed by atoms with van der Waals surface area (Å²) in [5, 5.41) is 0. The molecule has 0 bridgehead atoms. The number of carbonyl (C=O) groups excluding carboxylic acids is 3. The summed E-state index contributed by atoms with van der Waals surface area (Å²) >= 11 is 0. The number of benzene rings is 1. The number of aromatic amines is 1. The van der Waals surface area contributed by atoms with E-state index in [4.69, 9.17) is 4.74 Å². The Balaban J connectivity index is 1.68. The Kier molecular flexibility index (Phi) is 5.37. The number of rotatable bonds is 3. The second-order valence-corrected chi connectivity index (χ2v) is 8.06. The fraction of sp³-hybridized carbons (Fsp3) is 0.435. The molecule has 4 rings (SSSR count). The van der Waals surface area contributed by atoms with E-state index in [0.717, 1.165) is 32.4 Å². The molecule has 1 unspecified atom stereocenters. The average Bonchev–Trinajstić information content (AvgIpc) is 3.06. The maximum atomic E-state index is 13.5. The van der Waals surface area contributed by atoms with Gasteiger partial charge in [-0.1, -0.05) is 12.1 Å². The molecule has 1 aromatic heterocycles. The summed E-state index contributed by atoms with van der Waals surface area (Å²) in [4.78, 5) is 45.1. The van der Waals surface area contributed by atoms with E-state index in [1.165, 1.54) is 6.92 Å². The van der Waals surface area contributed by atoms with Crippen LogP contribution in [0.2, 0.25) is 0 Å². The van der Waals surface area contributed by atoms with Crippen LogP contribution in [0.5, 0.6) is 5.75 Å². The molecule has 7 heteroatoms. The highest BCUT2D eigenvalue weighted by molar-refractivity contribution is 6.10. The topological polar surface area (TPSA) is 82.7 Å². The van der Waals surface area contributed by atoms with Crippen LogP contribution in [0.3, 0.4) is 0 Å². The monoisotopic (exact) mass is 409 g/mol. The molecule has 2 amide bonds. The number of aromatic nitrogens is 1. The lowest BCUT2D eigenvalue weighted by atomic mass is 10.1. The summed E-state index contributed by atoms with van der Waals surface area (Å²) in [5.74, 6) is 0.0853. The van der Waals surface area contributed by atoms with Crippen LogP contribution in [-0.2, 0) is 4.79 Å². The van der Waals surface area contributed by atoms with Gasteiger partial charge in [0.1, 0.15) is 11.4 Å². The highest BCUT2D eigenvalue weighted by Crippen LogP contribution is 2.35.